The summed E-state index contributed by atoms with van der Waals surface area (Å²) in [4.78, 5) is 19.0. The zero-order chi connectivity index (χ0) is 14.8. The van der Waals surface area contributed by atoms with Crippen LogP contribution >= 0.6 is 15.9 Å². The molecule has 1 N–H and O–H groups in total. The number of nitrogens with zero attached hydrogens (tertiary/aromatic N) is 2. The standard InChI is InChI=1S/C15H15BrFN3O/c16-11-9-13(18-10-11)15(21)20-7-5-19(6-8-20)14-4-2-1-3-12(14)17/h1-4,9-10,18H,5-8H2. The lowest BCUT2D eigenvalue weighted by Gasteiger charge is -2.36. The van der Waals surface area contributed by atoms with Crippen LogP contribution in [0.4, 0.5) is 10.1 Å². The zero-order valence-electron chi connectivity index (χ0n) is 11.4. The van der Waals surface area contributed by atoms with Gasteiger partial charge in [0.25, 0.3) is 5.91 Å². The molecule has 0 aliphatic carbocycles. The highest BCUT2D eigenvalue weighted by atomic mass is 79.9. The fourth-order valence-corrected chi connectivity index (χ4v) is 2.86. The van der Waals surface area contributed by atoms with Crippen molar-refractivity contribution in [3.63, 3.8) is 0 Å². The van der Waals surface area contributed by atoms with E-state index in [0.29, 0.717) is 37.6 Å². The molecule has 110 valence electrons. The summed E-state index contributed by atoms with van der Waals surface area (Å²) in [7, 11) is 0. The number of aromatic nitrogens is 1. The van der Waals surface area contributed by atoms with E-state index in [1.54, 1.807) is 29.3 Å². The average Bonchev–Trinajstić information content (AvgIpc) is 2.94. The largest absolute Gasteiger partial charge is 0.366 e. The third-order valence-electron chi connectivity index (χ3n) is 3.64. The Kier molecular flexibility index (Phi) is 3.96. The number of hydrogen-bond donors (Lipinski definition) is 1. The van der Waals surface area contributed by atoms with Crippen LogP contribution in [0.5, 0.6) is 0 Å². The van der Waals surface area contributed by atoms with E-state index >= 15 is 0 Å². The first kappa shape index (κ1) is 14.1. The highest BCUT2D eigenvalue weighted by Crippen LogP contribution is 2.21. The Balaban J connectivity index is 1.65. The van der Waals surface area contributed by atoms with E-state index in [0.717, 1.165) is 4.47 Å². The van der Waals surface area contributed by atoms with Gasteiger partial charge in [-0.2, -0.15) is 0 Å². The number of amides is 1. The molecule has 1 aliphatic heterocycles. The number of hydrogen-bond acceptors (Lipinski definition) is 2. The van der Waals surface area contributed by atoms with Crippen molar-refractivity contribution in [2.75, 3.05) is 31.1 Å². The minimum Gasteiger partial charge on any atom is -0.366 e. The van der Waals surface area contributed by atoms with Gasteiger partial charge < -0.3 is 14.8 Å². The Hall–Kier alpha value is -1.82. The molecule has 0 unspecified atom stereocenters. The molecule has 1 fully saturated rings. The first-order valence-corrected chi connectivity index (χ1v) is 7.57. The first-order chi connectivity index (χ1) is 10.1. The SMILES string of the molecule is O=C(c1cc(Br)c[nH]1)N1CCN(c2ccccc2F)CC1. The Labute approximate surface area is 130 Å². The summed E-state index contributed by atoms with van der Waals surface area (Å²) in [6.07, 6.45) is 1.74. The lowest BCUT2D eigenvalue weighted by molar-refractivity contribution is 0.0741. The first-order valence-electron chi connectivity index (χ1n) is 6.78. The van der Waals surface area contributed by atoms with Crippen LogP contribution in [0.1, 0.15) is 10.5 Å². The molecule has 1 amide bonds. The molecule has 0 bridgehead atoms. The Morgan fingerprint density at radius 1 is 1.19 bits per heavy atom. The topological polar surface area (TPSA) is 39.3 Å². The van der Waals surface area contributed by atoms with E-state index in [1.807, 2.05) is 11.0 Å². The van der Waals surface area contributed by atoms with E-state index in [4.69, 9.17) is 0 Å². The Morgan fingerprint density at radius 3 is 2.52 bits per heavy atom. The Bertz CT molecular complexity index is 650. The van der Waals surface area contributed by atoms with Gasteiger partial charge in [-0.1, -0.05) is 12.1 Å². The van der Waals surface area contributed by atoms with Crippen LogP contribution in [0.25, 0.3) is 0 Å². The molecule has 1 aromatic carbocycles. The quantitative estimate of drug-likeness (QED) is 0.903. The summed E-state index contributed by atoms with van der Waals surface area (Å²) in [6.45, 7) is 2.44. The molecule has 1 aliphatic rings. The van der Waals surface area contributed by atoms with Crippen LogP contribution in [-0.4, -0.2) is 42.0 Å². The fraction of sp³-hybridized carbons (Fsp3) is 0.267. The number of carbonyl (C=O) groups is 1. The van der Waals surface area contributed by atoms with E-state index in [9.17, 15) is 9.18 Å². The number of aromatic amines is 1. The predicted octanol–water partition coefficient (Wildman–Crippen LogP) is 2.88. The van der Waals surface area contributed by atoms with Crippen molar-refractivity contribution < 1.29 is 9.18 Å². The smallest absolute Gasteiger partial charge is 0.270 e. The number of carbonyl (C=O) groups excluding carboxylic acids is 1. The van der Waals surface area contributed by atoms with Gasteiger partial charge in [-0.15, -0.1) is 0 Å². The van der Waals surface area contributed by atoms with E-state index in [1.165, 1.54) is 6.07 Å². The molecule has 2 heterocycles. The van der Waals surface area contributed by atoms with Gasteiger partial charge >= 0.3 is 0 Å². The highest BCUT2D eigenvalue weighted by Gasteiger charge is 2.24. The summed E-state index contributed by atoms with van der Waals surface area (Å²) in [6, 6.07) is 8.51. The summed E-state index contributed by atoms with van der Waals surface area (Å²) >= 11 is 3.32. The van der Waals surface area contributed by atoms with Gasteiger partial charge in [0.15, 0.2) is 0 Å². The maximum Gasteiger partial charge on any atom is 0.270 e. The normalized spacial score (nSPS) is 15.3. The molecule has 3 rings (SSSR count). The summed E-state index contributed by atoms with van der Waals surface area (Å²) in [5, 5.41) is 0. The van der Waals surface area contributed by atoms with Gasteiger partial charge in [0, 0.05) is 36.8 Å². The van der Waals surface area contributed by atoms with E-state index in [2.05, 4.69) is 20.9 Å². The van der Waals surface area contributed by atoms with Crippen LogP contribution in [0.2, 0.25) is 0 Å². The molecule has 0 radical (unpaired) electrons. The maximum absolute atomic E-state index is 13.8. The number of anilines is 1. The summed E-state index contributed by atoms with van der Waals surface area (Å²) in [5.41, 5.74) is 1.17. The van der Waals surface area contributed by atoms with Gasteiger partial charge in [-0.3, -0.25) is 4.79 Å². The van der Waals surface area contributed by atoms with Crippen molar-refractivity contribution in [2.45, 2.75) is 0 Å². The van der Waals surface area contributed by atoms with Crippen LogP contribution < -0.4 is 4.90 Å². The molecular formula is C15H15BrFN3O. The molecule has 0 spiro atoms. The number of halogens is 2. The monoisotopic (exact) mass is 351 g/mol. The van der Waals surface area contributed by atoms with Gasteiger partial charge in [-0.05, 0) is 34.1 Å². The van der Waals surface area contributed by atoms with E-state index < -0.39 is 0 Å². The molecular weight excluding hydrogens is 337 g/mol. The number of benzene rings is 1. The minimum absolute atomic E-state index is 0.0196. The molecule has 1 aromatic heterocycles. The van der Waals surface area contributed by atoms with Crippen molar-refractivity contribution in [3.8, 4) is 0 Å². The molecule has 0 atom stereocenters. The van der Waals surface area contributed by atoms with Gasteiger partial charge in [0.2, 0.25) is 0 Å². The second-order valence-electron chi connectivity index (χ2n) is 4.96. The number of para-hydroxylation sites is 1. The highest BCUT2D eigenvalue weighted by molar-refractivity contribution is 9.10. The molecule has 6 heteroatoms. The lowest BCUT2D eigenvalue weighted by atomic mass is 10.2. The average molecular weight is 352 g/mol. The van der Waals surface area contributed by atoms with Crippen LogP contribution in [0, 0.1) is 5.82 Å². The van der Waals surface area contributed by atoms with Crippen LogP contribution in [0.15, 0.2) is 41.0 Å². The van der Waals surface area contributed by atoms with Gasteiger partial charge in [-0.25, -0.2) is 4.39 Å². The molecule has 1 saturated heterocycles. The predicted molar refractivity (Wildman–Crippen MR) is 83.0 cm³/mol. The van der Waals surface area contributed by atoms with Crippen molar-refractivity contribution in [2.24, 2.45) is 0 Å². The molecule has 0 saturated carbocycles. The maximum atomic E-state index is 13.8. The number of nitrogens with one attached hydrogen (secondary N) is 1. The molecule has 2 aromatic rings. The number of H-pyrrole nitrogens is 1. The van der Waals surface area contributed by atoms with Crippen LogP contribution in [-0.2, 0) is 0 Å². The third kappa shape index (κ3) is 2.95. The van der Waals surface area contributed by atoms with Crippen molar-refractivity contribution >= 4 is 27.5 Å². The number of rotatable bonds is 2. The fourth-order valence-electron chi connectivity index (χ4n) is 2.52. The number of piperazine rings is 1. The molecule has 21 heavy (non-hydrogen) atoms. The second-order valence-corrected chi connectivity index (χ2v) is 5.88. The van der Waals surface area contributed by atoms with Gasteiger partial charge in [0.05, 0.1) is 5.69 Å². The van der Waals surface area contributed by atoms with Crippen molar-refractivity contribution in [1.82, 2.24) is 9.88 Å². The zero-order valence-corrected chi connectivity index (χ0v) is 12.9. The summed E-state index contributed by atoms with van der Waals surface area (Å²) in [5.74, 6) is -0.237. The third-order valence-corrected chi connectivity index (χ3v) is 4.10. The summed E-state index contributed by atoms with van der Waals surface area (Å²) < 4.78 is 14.6. The molecule has 4 nitrogen and oxygen atoms in total. The second kappa shape index (κ2) is 5.89. The van der Waals surface area contributed by atoms with Crippen molar-refractivity contribution in [3.05, 3.63) is 52.5 Å². The van der Waals surface area contributed by atoms with Crippen molar-refractivity contribution in [1.29, 1.82) is 0 Å². The Morgan fingerprint density at radius 2 is 1.90 bits per heavy atom. The minimum atomic E-state index is -0.217. The van der Waals surface area contributed by atoms with E-state index in [-0.39, 0.29) is 11.7 Å². The van der Waals surface area contributed by atoms with Crippen LogP contribution in [0.3, 0.4) is 0 Å². The lowest BCUT2D eigenvalue weighted by Crippen LogP contribution is -2.49. The van der Waals surface area contributed by atoms with Gasteiger partial charge in [0.1, 0.15) is 11.5 Å².